The fourth-order valence-corrected chi connectivity index (χ4v) is 2.10. The van der Waals surface area contributed by atoms with Crippen LogP contribution in [0.2, 0.25) is 0 Å². The van der Waals surface area contributed by atoms with Crippen molar-refractivity contribution in [2.24, 2.45) is 0 Å². The van der Waals surface area contributed by atoms with Crippen molar-refractivity contribution in [1.29, 1.82) is 0 Å². The summed E-state index contributed by atoms with van der Waals surface area (Å²) < 4.78 is 27.2. The van der Waals surface area contributed by atoms with Gasteiger partial charge in [0, 0.05) is 29.7 Å². The SMILES string of the molecule is CN(Cc1ccc(Br)cc1)C(=O)c1cc(F)cc(F)c1. The van der Waals surface area contributed by atoms with Crippen LogP contribution in [0.15, 0.2) is 46.9 Å². The van der Waals surface area contributed by atoms with Crippen LogP contribution in [0.5, 0.6) is 0 Å². The Morgan fingerprint density at radius 3 is 2.20 bits per heavy atom. The largest absolute Gasteiger partial charge is 0.337 e. The molecular formula is C15H12BrF2NO. The summed E-state index contributed by atoms with van der Waals surface area (Å²) >= 11 is 3.33. The van der Waals surface area contributed by atoms with Gasteiger partial charge in [-0.2, -0.15) is 0 Å². The zero-order chi connectivity index (χ0) is 14.7. The lowest BCUT2D eigenvalue weighted by atomic mass is 10.1. The predicted molar refractivity (Wildman–Crippen MR) is 76.3 cm³/mol. The van der Waals surface area contributed by atoms with Crippen LogP contribution in [0.4, 0.5) is 8.78 Å². The van der Waals surface area contributed by atoms with Crippen LogP contribution in [-0.4, -0.2) is 17.9 Å². The first-order valence-corrected chi connectivity index (χ1v) is 6.71. The highest BCUT2D eigenvalue weighted by Crippen LogP contribution is 2.14. The fourth-order valence-electron chi connectivity index (χ4n) is 1.83. The van der Waals surface area contributed by atoms with Gasteiger partial charge in [0.25, 0.3) is 5.91 Å². The average Bonchev–Trinajstić information content (AvgIpc) is 2.39. The van der Waals surface area contributed by atoms with E-state index in [4.69, 9.17) is 0 Å². The van der Waals surface area contributed by atoms with Crippen LogP contribution >= 0.6 is 15.9 Å². The van der Waals surface area contributed by atoms with Crippen molar-refractivity contribution in [1.82, 2.24) is 4.90 Å². The van der Waals surface area contributed by atoms with E-state index in [1.807, 2.05) is 24.3 Å². The fraction of sp³-hybridized carbons (Fsp3) is 0.133. The first-order valence-electron chi connectivity index (χ1n) is 5.92. The van der Waals surface area contributed by atoms with Crippen LogP contribution in [0.1, 0.15) is 15.9 Å². The molecule has 2 aromatic rings. The monoisotopic (exact) mass is 339 g/mol. The van der Waals surface area contributed by atoms with Gasteiger partial charge in [-0.05, 0) is 29.8 Å². The zero-order valence-corrected chi connectivity index (χ0v) is 12.3. The van der Waals surface area contributed by atoms with E-state index < -0.39 is 17.5 Å². The van der Waals surface area contributed by atoms with Crippen molar-refractivity contribution < 1.29 is 13.6 Å². The maximum Gasteiger partial charge on any atom is 0.254 e. The van der Waals surface area contributed by atoms with Crippen molar-refractivity contribution in [2.75, 3.05) is 7.05 Å². The van der Waals surface area contributed by atoms with E-state index >= 15 is 0 Å². The van der Waals surface area contributed by atoms with E-state index in [-0.39, 0.29) is 5.56 Å². The van der Waals surface area contributed by atoms with Gasteiger partial charge in [-0.25, -0.2) is 8.78 Å². The summed E-state index contributed by atoms with van der Waals surface area (Å²) in [6, 6.07) is 10.3. The van der Waals surface area contributed by atoms with Gasteiger partial charge >= 0.3 is 0 Å². The van der Waals surface area contributed by atoms with Crippen LogP contribution in [0.25, 0.3) is 0 Å². The highest BCUT2D eigenvalue weighted by Gasteiger charge is 2.14. The Labute approximate surface area is 124 Å². The first kappa shape index (κ1) is 14.7. The van der Waals surface area contributed by atoms with Gasteiger partial charge < -0.3 is 4.90 Å². The number of benzene rings is 2. The van der Waals surface area contributed by atoms with Crippen LogP contribution < -0.4 is 0 Å². The standard InChI is InChI=1S/C15H12BrF2NO/c1-19(9-10-2-4-12(16)5-3-10)15(20)11-6-13(17)8-14(18)7-11/h2-8H,9H2,1H3. The maximum absolute atomic E-state index is 13.1. The number of halogens is 3. The third-order valence-corrected chi connectivity index (χ3v) is 3.32. The molecule has 0 aliphatic heterocycles. The molecule has 0 bridgehead atoms. The van der Waals surface area contributed by atoms with Gasteiger partial charge in [0.1, 0.15) is 11.6 Å². The summed E-state index contributed by atoms with van der Waals surface area (Å²) in [4.78, 5) is 13.5. The molecule has 0 saturated carbocycles. The maximum atomic E-state index is 13.1. The molecule has 1 amide bonds. The minimum Gasteiger partial charge on any atom is -0.337 e. The van der Waals surface area contributed by atoms with E-state index in [1.165, 1.54) is 4.90 Å². The van der Waals surface area contributed by atoms with E-state index in [9.17, 15) is 13.6 Å². The molecule has 0 radical (unpaired) electrons. The van der Waals surface area contributed by atoms with Gasteiger partial charge in [0.15, 0.2) is 0 Å². The Morgan fingerprint density at radius 1 is 1.10 bits per heavy atom. The summed E-state index contributed by atoms with van der Waals surface area (Å²) in [6.07, 6.45) is 0. The molecule has 2 rings (SSSR count). The Morgan fingerprint density at radius 2 is 1.65 bits per heavy atom. The van der Waals surface area contributed by atoms with Gasteiger partial charge in [-0.1, -0.05) is 28.1 Å². The van der Waals surface area contributed by atoms with Crippen LogP contribution in [0, 0.1) is 11.6 Å². The number of nitrogens with zero attached hydrogens (tertiary/aromatic N) is 1. The molecule has 5 heteroatoms. The zero-order valence-electron chi connectivity index (χ0n) is 10.7. The molecule has 0 atom stereocenters. The number of carbonyl (C=O) groups is 1. The number of carbonyl (C=O) groups excluding carboxylic acids is 1. The van der Waals surface area contributed by atoms with Crippen molar-refractivity contribution in [2.45, 2.75) is 6.54 Å². The summed E-state index contributed by atoms with van der Waals surface area (Å²) in [5, 5.41) is 0. The summed E-state index contributed by atoms with van der Waals surface area (Å²) in [6.45, 7) is 0.365. The molecule has 0 aliphatic rings. The topological polar surface area (TPSA) is 20.3 Å². The van der Waals surface area contributed by atoms with E-state index in [0.717, 1.165) is 28.2 Å². The molecule has 2 nitrogen and oxygen atoms in total. The smallest absolute Gasteiger partial charge is 0.254 e. The molecule has 0 aliphatic carbocycles. The Bertz CT molecular complexity index is 608. The Kier molecular flexibility index (Phi) is 4.49. The summed E-state index contributed by atoms with van der Waals surface area (Å²) in [7, 11) is 1.59. The molecule has 2 aromatic carbocycles. The van der Waals surface area contributed by atoms with Crippen molar-refractivity contribution in [3.63, 3.8) is 0 Å². The predicted octanol–water partition coefficient (Wildman–Crippen LogP) is 4.00. The van der Waals surface area contributed by atoms with Gasteiger partial charge in [-0.15, -0.1) is 0 Å². The van der Waals surface area contributed by atoms with Gasteiger partial charge in [0.2, 0.25) is 0 Å². The minimum atomic E-state index is -0.759. The third kappa shape index (κ3) is 3.63. The van der Waals surface area contributed by atoms with Gasteiger partial charge in [0.05, 0.1) is 0 Å². The molecule has 0 saturated heterocycles. The molecule has 0 spiro atoms. The molecule has 0 aromatic heterocycles. The second-order valence-corrected chi connectivity index (χ2v) is 5.36. The molecule has 104 valence electrons. The average molecular weight is 340 g/mol. The Balaban J connectivity index is 2.14. The number of hydrogen-bond acceptors (Lipinski definition) is 1. The lowest BCUT2D eigenvalue weighted by Gasteiger charge is -2.17. The van der Waals surface area contributed by atoms with Crippen molar-refractivity contribution >= 4 is 21.8 Å². The Hall–Kier alpha value is -1.75. The molecule has 0 unspecified atom stereocenters. The summed E-state index contributed by atoms with van der Waals surface area (Å²) in [5.41, 5.74) is 0.933. The normalized spacial score (nSPS) is 10.4. The van der Waals surface area contributed by atoms with Crippen molar-refractivity contribution in [3.05, 3.63) is 69.7 Å². The molecule has 0 fully saturated rings. The highest BCUT2D eigenvalue weighted by atomic mass is 79.9. The third-order valence-electron chi connectivity index (χ3n) is 2.79. The molecule has 0 heterocycles. The van der Waals surface area contributed by atoms with Crippen LogP contribution in [0.3, 0.4) is 0 Å². The second-order valence-electron chi connectivity index (χ2n) is 4.45. The second kappa shape index (κ2) is 6.13. The molecular weight excluding hydrogens is 328 g/mol. The van der Waals surface area contributed by atoms with E-state index in [0.29, 0.717) is 6.54 Å². The molecule has 0 N–H and O–H groups in total. The molecule has 20 heavy (non-hydrogen) atoms. The minimum absolute atomic E-state index is 0.00196. The number of rotatable bonds is 3. The van der Waals surface area contributed by atoms with Crippen LogP contribution in [-0.2, 0) is 6.54 Å². The number of hydrogen-bond donors (Lipinski definition) is 0. The van der Waals surface area contributed by atoms with E-state index in [2.05, 4.69) is 15.9 Å². The lowest BCUT2D eigenvalue weighted by Crippen LogP contribution is -2.26. The van der Waals surface area contributed by atoms with Gasteiger partial charge in [-0.3, -0.25) is 4.79 Å². The quantitative estimate of drug-likeness (QED) is 0.827. The van der Waals surface area contributed by atoms with Crippen molar-refractivity contribution in [3.8, 4) is 0 Å². The van der Waals surface area contributed by atoms with E-state index in [1.54, 1.807) is 7.05 Å². The highest BCUT2D eigenvalue weighted by molar-refractivity contribution is 9.10. The first-order chi connectivity index (χ1) is 9.45. The summed E-state index contributed by atoms with van der Waals surface area (Å²) in [5.74, 6) is -1.94. The number of amides is 1. The lowest BCUT2D eigenvalue weighted by molar-refractivity contribution is 0.0784.